The molecule has 0 unspecified atom stereocenters. The molecule has 1 saturated carbocycles. The SMILES string of the molecule is Cc1nc(-c2ccc(N3CCN(C(=O)c4cc(S(C)(=O)=O)ccc4OC4CCCC4)CC3)cc2)no1. The summed E-state index contributed by atoms with van der Waals surface area (Å²) in [5.41, 5.74) is 2.25. The van der Waals surface area contributed by atoms with E-state index in [0.717, 1.165) is 43.2 Å². The van der Waals surface area contributed by atoms with Gasteiger partial charge in [-0.05, 0) is 68.1 Å². The van der Waals surface area contributed by atoms with Crippen LogP contribution in [-0.4, -0.2) is 67.9 Å². The summed E-state index contributed by atoms with van der Waals surface area (Å²) >= 11 is 0. The lowest BCUT2D eigenvalue weighted by molar-refractivity contribution is 0.0739. The molecule has 10 heteroatoms. The largest absolute Gasteiger partial charge is 0.490 e. The Morgan fingerprint density at radius 3 is 2.33 bits per heavy atom. The Kier molecular flexibility index (Phi) is 6.70. The van der Waals surface area contributed by atoms with Crippen LogP contribution in [-0.2, 0) is 9.84 Å². The second-order valence-electron chi connectivity index (χ2n) is 9.42. The Morgan fingerprint density at radius 2 is 1.72 bits per heavy atom. The molecule has 3 aromatic rings. The fourth-order valence-electron chi connectivity index (χ4n) is 4.77. The van der Waals surface area contributed by atoms with E-state index in [9.17, 15) is 13.2 Å². The van der Waals surface area contributed by atoms with Crippen molar-refractivity contribution in [3.63, 3.8) is 0 Å². The van der Waals surface area contributed by atoms with Crippen molar-refractivity contribution in [1.29, 1.82) is 0 Å². The van der Waals surface area contributed by atoms with Crippen LogP contribution in [0, 0.1) is 6.92 Å². The summed E-state index contributed by atoms with van der Waals surface area (Å²) in [6, 6.07) is 12.6. The van der Waals surface area contributed by atoms with Crippen molar-refractivity contribution in [2.45, 2.75) is 43.6 Å². The quantitative estimate of drug-likeness (QED) is 0.494. The Balaban J connectivity index is 1.29. The number of hydrogen-bond donors (Lipinski definition) is 0. The van der Waals surface area contributed by atoms with Crippen LogP contribution in [0.3, 0.4) is 0 Å². The highest BCUT2D eigenvalue weighted by molar-refractivity contribution is 7.90. The Bertz CT molecular complexity index is 1340. The van der Waals surface area contributed by atoms with Crippen molar-refractivity contribution in [3.8, 4) is 17.1 Å². The number of carbonyl (C=O) groups excluding carboxylic acids is 1. The van der Waals surface area contributed by atoms with E-state index in [1.807, 2.05) is 24.3 Å². The van der Waals surface area contributed by atoms with Crippen molar-refractivity contribution in [3.05, 3.63) is 53.9 Å². The van der Waals surface area contributed by atoms with E-state index in [4.69, 9.17) is 9.26 Å². The number of aromatic nitrogens is 2. The van der Waals surface area contributed by atoms with Gasteiger partial charge in [0.15, 0.2) is 9.84 Å². The van der Waals surface area contributed by atoms with E-state index in [0.29, 0.717) is 49.2 Å². The lowest BCUT2D eigenvalue weighted by Crippen LogP contribution is -2.48. The van der Waals surface area contributed by atoms with Gasteiger partial charge < -0.3 is 19.1 Å². The van der Waals surface area contributed by atoms with Gasteiger partial charge in [0.25, 0.3) is 5.91 Å². The topological polar surface area (TPSA) is 106 Å². The normalized spacial score (nSPS) is 16.9. The third kappa shape index (κ3) is 5.23. The minimum Gasteiger partial charge on any atom is -0.490 e. The number of carbonyl (C=O) groups is 1. The molecular formula is C26H30N4O5S. The fourth-order valence-corrected chi connectivity index (χ4v) is 5.42. The summed E-state index contributed by atoms with van der Waals surface area (Å²) in [5.74, 6) is 1.35. The average molecular weight is 511 g/mol. The predicted octanol–water partition coefficient (Wildman–Crippen LogP) is 3.73. The van der Waals surface area contributed by atoms with E-state index in [1.54, 1.807) is 17.9 Å². The summed E-state index contributed by atoms with van der Waals surface area (Å²) in [6.07, 6.45) is 5.33. The molecule has 1 aliphatic carbocycles. The first-order chi connectivity index (χ1) is 17.3. The predicted molar refractivity (Wildman–Crippen MR) is 135 cm³/mol. The molecule has 0 radical (unpaired) electrons. The highest BCUT2D eigenvalue weighted by Gasteiger charge is 2.27. The lowest BCUT2D eigenvalue weighted by Gasteiger charge is -2.36. The monoisotopic (exact) mass is 510 g/mol. The van der Waals surface area contributed by atoms with Gasteiger partial charge in [0.2, 0.25) is 11.7 Å². The van der Waals surface area contributed by atoms with E-state index in [1.165, 1.54) is 12.1 Å². The second kappa shape index (κ2) is 9.93. The first-order valence-electron chi connectivity index (χ1n) is 12.2. The van der Waals surface area contributed by atoms with Crippen molar-refractivity contribution < 1.29 is 22.5 Å². The number of amides is 1. The number of rotatable bonds is 6. The van der Waals surface area contributed by atoms with Crippen molar-refractivity contribution >= 4 is 21.4 Å². The molecule has 1 amide bonds. The van der Waals surface area contributed by atoms with Crippen LogP contribution in [0.25, 0.3) is 11.4 Å². The maximum atomic E-state index is 13.5. The number of piperazine rings is 1. The van der Waals surface area contributed by atoms with Gasteiger partial charge in [-0.15, -0.1) is 0 Å². The lowest BCUT2D eigenvalue weighted by atomic mass is 10.1. The van der Waals surface area contributed by atoms with Crippen LogP contribution < -0.4 is 9.64 Å². The van der Waals surface area contributed by atoms with Crippen LogP contribution in [0.4, 0.5) is 5.69 Å². The van der Waals surface area contributed by atoms with Crippen LogP contribution in [0.5, 0.6) is 5.75 Å². The number of nitrogens with zero attached hydrogens (tertiary/aromatic N) is 4. The number of hydrogen-bond acceptors (Lipinski definition) is 8. The van der Waals surface area contributed by atoms with Crippen LogP contribution in [0.15, 0.2) is 51.9 Å². The van der Waals surface area contributed by atoms with Gasteiger partial charge >= 0.3 is 0 Å². The molecule has 2 aliphatic rings. The average Bonchev–Trinajstić information content (AvgIpc) is 3.55. The van der Waals surface area contributed by atoms with Gasteiger partial charge in [-0.1, -0.05) is 5.16 Å². The molecule has 2 aromatic carbocycles. The molecule has 0 bridgehead atoms. The van der Waals surface area contributed by atoms with Crippen molar-refractivity contribution in [2.24, 2.45) is 0 Å². The molecule has 36 heavy (non-hydrogen) atoms. The molecule has 2 fully saturated rings. The van der Waals surface area contributed by atoms with E-state index >= 15 is 0 Å². The molecule has 0 atom stereocenters. The second-order valence-corrected chi connectivity index (χ2v) is 11.4. The molecule has 1 saturated heterocycles. The highest BCUT2D eigenvalue weighted by atomic mass is 32.2. The molecule has 1 aliphatic heterocycles. The summed E-state index contributed by atoms with van der Waals surface area (Å²) in [6.45, 7) is 4.13. The Hall–Kier alpha value is -3.40. The van der Waals surface area contributed by atoms with E-state index in [-0.39, 0.29) is 16.9 Å². The zero-order valence-corrected chi connectivity index (χ0v) is 21.3. The molecule has 0 spiro atoms. The molecule has 5 rings (SSSR count). The van der Waals surface area contributed by atoms with Crippen LogP contribution >= 0.6 is 0 Å². The molecule has 0 N–H and O–H groups in total. The Labute approximate surface area is 211 Å². The molecule has 190 valence electrons. The van der Waals surface area contributed by atoms with Gasteiger partial charge in [-0.2, -0.15) is 4.98 Å². The number of benzene rings is 2. The van der Waals surface area contributed by atoms with Crippen LogP contribution in [0.2, 0.25) is 0 Å². The standard InChI is InChI=1S/C26H30N4O5S/c1-18-27-25(28-35-18)19-7-9-20(10-8-19)29-13-15-30(16-14-29)26(31)23-17-22(36(2,32)33)11-12-24(23)34-21-5-3-4-6-21/h7-12,17,21H,3-6,13-16H2,1-2H3. The maximum absolute atomic E-state index is 13.5. The third-order valence-corrected chi connectivity index (χ3v) is 7.90. The highest BCUT2D eigenvalue weighted by Crippen LogP contribution is 2.30. The Morgan fingerprint density at radius 1 is 1.03 bits per heavy atom. The van der Waals surface area contributed by atoms with E-state index < -0.39 is 9.84 Å². The van der Waals surface area contributed by atoms with Crippen LogP contribution in [0.1, 0.15) is 41.9 Å². The summed E-state index contributed by atoms with van der Waals surface area (Å²) in [5, 5.41) is 3.96. The first kappa shape index (κ1) is 24.3. The van der Waals surface area contributed by atoms with Gasteiger partial charge in [0, 0.05) is 50.6 Å². The summed E-state index contributed by atoms with van der Waals surface area (Å²) in [7, 11) is -3.45. The zero-order valence-electron chi connectivity index (χ0n) is 20.5. The number of aryl methyl sites for hydroxylation is 1. The van der Waals surface area contributed by atoms with Gasteiger partial charge in [-0.25, -0.2) is 8.42 Å². The number of anilines is 1. The van der Waals surface area contributed by atoms with Crippen molar-refractivity contribution in [1.82, 2.24) is 15.0 Å². The maximum Gasteiger partial charge on any atom is 0.257 e. The van der Waals surface area contributed by atoms with Crippen molar-refractivity contribution in [2.75, 3.05) is 37.3 Å². The molecule has 9 nitrogen and oxygen atoms in total. The minimum atomic E-state index is -3.45. The minimum absolute atomic E-state index is 0.0665. The van der Waals surface area contributed by atoms with E-state index in [2.05, 4.69) is 15.0 Å². The van der Waals surface area contributed by atoms with Gasteiger partial charge in [0.1, 0.15) is 5.75 Å². The van der Waals surface area contributed by atoms with Gasteiger partial charge in [-0.3, -0.25) is 4.79 Å². The smallest absolute Gasteiger partial charge is 0.257 e. The number of sulfone groups is 1. The third-order valence-electron chi connectivity index (χ3n) is 6.79. The first-order valence-corrected chi connectivity index (χ1v) is 14.1. The number of ether oxygens (including phenoxy) is 1. The zero-order chi connectivity index (χ0) is 25.3. The van der Waals surface area contributed by atoms with Gasteiger partial charge in [0.05, 0.1) is 16.6 Å². The molecule has 2 heterocycles. The molecule has 1 aromatic heterocycles. The summed E-state index contributed by atoms with van der Waals surface area (Å²) in [4.78, 5) is 21.9. The fraction of sp³-hybridized carbons (Fsp3) is 0.423. The molecular weight excluding hydrogens is 480 g/mol. The summed E-state index contributed by atoms with van der Waals surface area (Å²) < 4.78 is 35.6.